The molecule has 1 heterocycles. The fourth-order valence-corrected chi connectivity index (χ4v) is 1.20. The summed E-state index contributed by atoms with van der Waals surface area (Å²) >= 11 is 0. The molecule has 8 heteroatoms. The molecule has 2 atom stereocenters. The molecule has 0 saturated carbocycles. The summed E-state index contributed by atoms with van der Waals surface area (Å²) in [6.07, 6.45) is -5.89. The summed E-state index contributed by atoms with van der Waals surface area (Å²) in [6.45, 7) is 0. The van der Waals surface area contributed by atoms with Crippen molar-refractivity contribution in [1.82, 2.24) is 10.3 Å². The standard InChI is InChI=1S/C10H14F3N3O2/c1-15-9(5-6(14)10(11,12)13)18-8-4-2-3-7(17)16-8/h2-4,6,9,15H,5,14H2,1H3,(H,16,17). The number of hydrogen-bond acceptors (Lipinski definition) is 5. The van der Waals surface area contributed by atoms with Crippen LogP contribution in [0.3, 0.4) is 0 Å². The van der Waals surface area contributed by atoms with Gasteiger partial charge in [-0.2, -0.15) is 18.2 Å². The minimum absolute atomic E-state index is 0.0173. The van der Waals surface area contributed by atoms with Crippen molar-refractivity contribution in [2.75, 3.05) is 7.05 Å². The van der Waals surface area contributed by atoms with Crippen molar-refractivity contribution in [2.45, 2.75) is 24.9 Å². The van der Waals surface area contributed by atoms with Gasteiger partial charge in [-0.3, -0.25) is 5.32 Å². The first-order chi connectivity index (χ1) is 8.32. The van der Waals surface area contributed by atoms with Crippen LogP contribution in [0.15, 0.2) is 18.2 Å². The maximum Gasteiger partial charge on any atom is 0.403 e. The molecule has 18 heavy (non-hydrogen) atoms. The van der Waals surface area contributed by atoms with E-state index in [0.29, 0.717) is 0 Å². The second-order valence-electron chi connectivity index (χ2n) is 3.61. The Kier molecular flexibility index (Phi) is 4.74. The summed E-state index contributed by atoms with van der Waals surface area (Å²) in [5, 5.41) is 11.6. The molecule has 5 nitrogen and oxygen atoms in total. The van der Waals surface area contributed by atoms with E-state index in [9.17, 15) is 13.2 Å². The van der Waals surface area contributed by atoms with Gasteiger partial charge in [-0.25, -0.2) is 0 Å². The number of rotatable bonds is 5. The highest BCUT2D eigenvalue weighted by molar-refractivity contribution is 5.18. The monoisotopic (exact) mass is 265 g/mol. The number of nitrogens with one attached hydrogen (secondary N) is 1. The zero-order valence-corrected chi connectivity index (χ0v) is 9.61. The van der Waals surface area contributed by atoms with Gasteiger partial charge < -0.3 is 15.6 Å². The maximum absolute atomic E-state index is 12.3. The van der Waals surface area contributed by atoms with Crippen LogP contribution in [0.2, 0.25) is 0 Å². The molecule has 0 spiro atoms. The molecule has 1 aromatic rings. The van der Waals surface area contributed by atoms with E-state index in [-0.39, 0.29) is 11.8 Å². The molecule has 0 aromatic carbocycles. The SMILES string of the molecule is CNC(CC(N)C(F)(F)F)Oc1cccc(O)n1. The first kappa shape index (κ1) is 14.5. The molecule has 1 aromatic heterocycles. The van der Waals surface area contributed by atoms with Crippen LogP contribution >= 0.6 is 0 Å². The van der Waals surface area contributed by atoms with Gasteiger partial charge in [0.25, 0.3) is 0 Å². The van der Waals surface area contributed by atoms with Gasteiger partial charge >= 0.3 is 6.18 Å². The molecule has 0 aliphatic rings. The molecule has 0 saturated heterocycles. The van der Waals surface area contributed by atoms with Gasteiger partial charge in [0.15, 0.2) is 6.23 Å². The summed E-state index contributed by atoms with van der Waals surface area (Å²) in [5.74, 6) is -0.258. The van der Waals surface area contributed by atoms with Crippen molar-refractivity contribution in [3.63, 3.8) is 0 Å². The number of pyridine rings is 1. The third-order valence-corrected chi connectivity index (χ3v) is 2.18. The van der Waals surface area contributed by atoms with Gasteiger partial charge in [0, 0.05) is 18.6 Å². The largest absolute Gasteiger partial charge is 0.493 e. The van der Waals surface area contributed by atoms with E-state index in [1.807, 2.05) is 0 Å². The quantitative estimate of drug-likeness (QED) is 0.692. The van der Waals surface area contributed by atoms with Gasteiger partial charge in [0.05, 0.1) is 0 Å². The Morgan fingerprint density at radius 2 is 2.17 bits per heavy atom. The number of halogens is 3. The topological polar surface area (TPSA) is 80.4 Å². The Morgan fingerprint density at radius 3 is 2.67 bits per heavy atom. The van der Waals surface area contributed by atoms with Crippen LogP contribution in [0.5, 0.6) is 11.8 Å². The van der Waals surface area contributed by atoms with Crippen molar-refractivity contribution in [3.05, 3.63) is 18.2 Å². The molecule has 102 valence electrons. The summed E-state index contributed by atoms with van der Waals surface area (Å²) in [6, 6.07) is 2.21. The van der Waals surface area contributed by atoms with Crippen LogP contribution in [-0.4, -0.2) is 35.6 Å². The Labute approximate surface area is 102 Å². The molecule has 0 amide bonds. The van der Waals surface area contributed by atoms with Gasteiger partial charge in [0.1, 0.15) is 6.04 Å². The number of ether oxygens (including phenoxy) is 1. The second-order valence-corrected chi connectivity index (χ2v) is 3.61. The molecular weight excluding hydrogens is 251 g/mol. The normalized spacial score (nSPS) is 15.2. The van der Waals surface area contributed by atoms with E-state index in [4.69, 9.17) is 15.6 Å². The number of nitrogens with two attached hydrogens (primary N) is 1. The van der Waals surface area contributed by atoms with Gasteiger partial charge in [-0.05, 0) is 7.05 Å². The summed E-state index contributed by atoms with van der Waals surface area (Å²) in [5.41, 5.74) is 5.00. The van der Waals surface area contributed by atoms with E-state index in [0.717, 1.165) is 0 Å². The van der Waals surface area contributed by atoms with E-state index >= 15 is 0 Å². The summed E-state index contributed by atoms with van der Waals surface area (Å²) in [4.78, 5) is 3.60. The van der Waals surface area contributed by atoms with E-state index in [1.54, 1.807) is 0 Å². The molecule has 0 fully saturated rings. The highest BCUT2D eigenvalue weighted by atomic mass is 19.4. The fraction of sp³-hybridized carbons (Fsp3) is 0.500. The van der Waals surface area contributed by atoms with Crippen LogP contribution in [-0.2, 0) is 0 Å². The Balaban J connectivity index is 2.63. The fourth-order valence-electron chi connectivity index (χ4n) is 1.20. The lowest BCUT2D eigenvalue weighted by Gasteiger charge is -2.22. The minimum atomic E-state index is -4.48. The van der Waals surface area contributed by atoms with Crippen molar-refractivity contribution in [2.24, 2.45) is 5.73 Å². The average Bonchev–Trinajstić information content (AvgIpc) is 2.26. The molecule has 0 aliphatic heterocycles. The zero-order chi connectivity index (χ0) is 13.8. The van der Waals surface area contributed by atoms with E-state index in [1.165, 1.54) is 25.2 Å². The zero-order valence-electron chi connectivity index (χ0n) is 9.61. The first-order valence-electron chi connectivity index (χ1n) is 5.15. The number of hydrogen-bond donors (Lipinski definition) is 3. The third-order valence-electron chi connectivity index (χ3n) is 2.18. The van der Waals surface area contributed by atoms with E-state index in [2.05, 4.69) is 10.3 Å². The third kappa shape index (κ3) is 4.38. The van der Waals surface area contributed by atoms with Crippen LogP contribution in [0, 0.1) is 0 Å². The minimum Gasteiger partial charge on any atom is -0.493 e. The van der Waals surface area contributed by atoms with Crippen LogP contribution in [0.4, 0.5) is 13.2 Å². The average molecular weight is 265 g/mol. The molecule has 0 aliphatic carbocycles. The lowest BCUT2D eigenvalue weighted by molar-refractivity contribution is -0.153. The number of aromatic hydroxyl groups is 1. The predicted octanol–water partition coefficient (Wildman–Crippen LogP) is 0.991. The number of alkyl halides is 3. The Morgan fingerprint density at radius 1 is 1.50 bits per heavy atom. The van der Waals surface area contributed by atoms with Gasteiger partial charge in [-0.1, -0.05) is 6.07 Å². The smallest absolute Gasteiger partial charge is 0.403 e. The Hall–Kier alpha value is -1.54. The molecule has 4 N–H and O–H groups in total. The van der Waals surface area contributed by atoms with Gasteiger partial charge in [0.2, 0.25) is 11.8 Å². The maximum atomic E-state index is 12.3. The molecular formula is C10H14F3N3O2. The van der Waals surface area contributed by atoms with Crippen LogP contribution in [0.25, 0.3) is 0 Å². The van der Waals surface area contributed by atoms with Crippen molar-refractivity contribution in [3.8, 4) is 11.8 Å². The highest BCUT2D eigenvalue weighted by Crippen LogP contribution is 2.22. The van der Waals surface area contributed by atoms with Crippen LogP contribution in [0.1, 0.15) is 6.42 Å². The lowest BCUT2D eigenvalue weighted by atomic mass is 10.2. The van der Waals surface area contributed by atoms with Crippen molar-refractivity contribution < 1.29 is 23.0 Å². The van der Waals surface area contributed by atoms with E-state index < -0.39 is 24.9 Å². The predicted molar refractivity (Wildman–Crippen MR) is 58.0 cm³/mol. The molecule has 1 rings (SSSR count). The summed E-state index contributed by atoms with van der Waals surface area (Å²) < 4.78 is 42.0. The number of aromatic nitrogens is 1. The Bertz CT molecular complexity index is 387. The highest BCUT2D eigenvalue weighted by Gasteiger charge is 2.38. The summed E-state index contributed by atoms with van der Waals surface area (Å²) in [7, 11) is 1.44. The molecule has 0 radical (unpaired) electrons. The lowest BCUT2D eigenvalue weighted by Crippen LogP contribution is -2.45. The molecule has 2 unspecified atom stereocenters. The van der Waals surface area contributed by atoms with Crippen molar-refractivity contribution >= 4 is 0 Å². The number of nitrogens with zero attached hydrogens (tertiary/aromatic N) is 1. The van der Waals surface area contributed by atoms with Crippen LogP contribution < -0.4 is 15.8 Å². The van der Waals surface area contributed by atoms with Crippen molar-refractivity contribution in [1.29, 1.82) is 0 Å². The molecule has 0 bridgehead atoms. The first-order valence-corrected chi connectivity index (χ1v) is 5.15. The van der Waals surface area contributed by atoms with Gasteiger partial charge in [-0.15, -0.1) is 0 Å². The second kappa shape index (κ2) is 5.87.